The molecule has 0 bridgehead atoms. The average molecular weight is 505 g/mol. The van der Waals surface area contributed by atoms with Crippen molar-refractivity contribution in [3.8, 4) is 0 Å². The van der Waals surface area contributed by atoms with Gasteiger partial charge in [0.25, 0.3) is 25.2 Å². The number of aromatic nitrogens is 3. The highest BCUT2D eigenvalue weighted by atomic mass is 32.1. The largest absolute Gasteiger partial charge is 0.365 e. The molecule has 0 radical (unpaired) electrons. The average Bonchev–Trinajstić information content (AvgIpc) is 3.40. The van der Waals surface area contributed by atoms with Crippen LogP contribution in [0.2, 0.25) is 0 Å². The summed E-state index contributed by atoms with van der Waals surface area (Å²) in [4.78, 5) is 28.8. The van der Waals surface area contributed by atoms with Gasteiger partial charge in [0.05, 0.1) is 5.69 Å². The van der Waals surface area contributed by atoms with Crippen LogP contribution in [0.1, 0.15) is 83.3 Å². The van der Waals surface area contributed by atoms with E-state index >= 15 is 0 Å². The number of hydrogen-bond donors (Lipinski definition) is 2. The topological polar surface area (TPSA) is 103 Å². The van der Waals surface area contributed by atoms with Crippen LogP contribution in [-0.4, -0.2) is 26.6 Å². The second kappa shape index (κ2) is 8.89. The molecule has 0 saturated heterocycles. The zero-order valence-electron chi connectivity index (χ0n) is 17.4. The van der Waals surface area contributed by atoms with Crippen molar-refractivity contribution >= 4 is 39.1 Å². The Morgan fingerprint density at radius 1 is 1.09 bits per heavy atom. The van der Waals surface area contributed by atoms with Crippen molar-refractivity contribution < 1.29 is 35.9 Å². The van der Waals surface area contributed by atoms with Crippen molar-refractivity contribution in [3.63, 3.8) is 0 Å². The van der Waals surface area contributed by atoms with Crippen LogP contribution in [-0.2, 0) is 4.79 Å². The number of alkyl halides is 6. The molecule has 1 aliphatic carbocycles. The minimum absolute atomic E-state index is 0.0591. The third-order valence-electron chi connectivity index (χ3n) is 5.40. The van der Waals surface area contributed by atoms with Crippen molar-refractivity contribution in [2.24, 2.45) is 5.73 Å². The van der Waals surface area contributed by atoms with E-state index in [-0.39, 0.29) is 26.7 Å². The molecule has 34 heavy (non-hydrogen) atoms. The van der Waals surface area contributed by atoms with Crippen LogP contribution < -0.4 is 11.1 Å². The molecule has 7 nitrogen and oxygen atoms in total. The standard InChI is InChI=1S/C20H17F6N5O2S/c1-6(31-11(17(25)26)5-10(30-31)16(23)24)19(33)29-13-12-8(7-2-3-7)4-9(15(21)22)28-20(12)34-14(13)18(27)32/h4-7,15-17H,2-3H2,1H3,(H2,27,32)(H,29,33). The third kappa shape index (κ3) is 4.33. The fourth-order valence-corrected chi connectivity index (χ4v) is 4.64. The van der Waals surface area contributed by atoms with E-state index in [0.717, 1.165) is 6.92 Å². The van der Waals surface area contributed by atoms with Crippen LogP contribution in [0.25, 0.3) is 10.2 Å². The molecule has 0 aromatic carbocycles. The number of anilines is 1. The first-order valence-electron chi connectivity index (χ1n) is 10.0. The lowest BCUT2D eigenvalue weighted by molar-refractivity contribution is -0.119. The fraction of sp³-hybridized carbons (Fsp3) is 0.400. The van der Waals surface area contributed by atoms with E-state index in [4.69, 9.17) is 5.73 Å². The molecule has 1 fully saturated rings. The lowest BCUT2D eigenvalue weighted by Gasteiger charge is -2.16. The number of fused-ring (bicyclic) bond motifs is 1. The Kier molecular flexibility index (Phi) is 6.27. The van der Waals surface area contributed by atoms with Gasteiger partial charge in [-0.1, -0.05) is 0 Å². The summed E-state index contributed by atoms with van der Waals surface area (Å²) >= 11 is 0.713. The maximum atomic E-state index is 13.4. The Bertz CT molecular complexity index is 1270. The number of primary amides is 1. The van der Waals surface area contributed by atoms with Crippen molar-refractivity contribution in [2.45, 2.75) is 51.0 Å². The number of nitrogens with zero attached hydrogens (tertiary/aromatic N) is 3. The predicted octanol–water partition coefficient (Wildman–Crippen LogP) is 5.48. The number of thiophene rings is 1. The number of rotatable bonds is 8. The molecule has 0 spiro atoms. The number of amides is 2. The number of nitrogens with one attached hydrogen (secondary N) is 1. The molecule has 3 aromatic heterocycles. The monoisotopic (exact) mass is 505 g/mol. The molecule has 1 atom stereocenters. The summed E-state index contributed by atoms with van der Waals surface area (Å²) in [6, 6.07) is 0.234. The highest BCUT2D eigenvalue weighted by molar-refractivity contribution is 7.21. The van der Waals surface area contributed by atoms with E-state index in [1.165, 1.54) is 6.07 Å². The van der Waals surface area contributed by atoms with Crippen LogP contribution >= 0.6 is 11.3 Å². The quantitative estimate of drug-likeness (QED) is 0.396. The number of carbonyl (C=O) groups excluding carboxylic acids is 2. The zero-order valence-corrected chi connectivity index (χ0v) is 18.2. The summed E-state index contributed by atoms with van der Waals surface area (Å²) in [5, 5.41) is 6.13. The van der Waals surface area contributed by atoms with E-state index in [1.807, 2.05) is 0 Å². The van der Waals surface area contributed by atoms with Gasteiger partial charge >= 0.3 is 0 Å². The smallest absolute Gasteiger partial charge is 0.282 e. The molecule has 14 heteroatoms. The number of pyridine rings is 1. The molecule has 1 aliphatic rings. The molecule has 1 saturated carbocycles. The van der Waals surface area contributed by atoms with E-state index in [1.54, 1.807) is 0 Å². The van der Waals surface area contributed by atoms with Crippen molar-refractivity contribution in [1.29, 1.82) is 0 Å². The number of carbonyl (C=O) groups is 2. The third-order valence-corrected chi connectivity index (χ3v) is 6.50. The first-order chi connectivity index (χ1) is 16.0. The van der Waals surface area contributed by atoms with E-state index in [2.05, 4.69) is 15.4 Å². The van der Waals surface area contributed by atoms with Gasteiger partial charge in [0.2, 0.25) is 5.91 Å². The van der Waals surface area contributed by atoms with Gasteiger partial charge in [-0.05, 0) is 43.4 Å². The van der Waals surface area contributed by atoms with Gasteiger partial charge < -0.3 is 11.1 Å². The van der Waals surface area contributed by atoms with Crippen LogP contribution in [0.4, 0.5) is 32.0 Å². The molecule has 4 rings (SSSR count). The van der Waals surface area contributed by atoms with Gasteiger partial charge in [-0.2, -0.15) is 5.10 Å². The van der Waals surface area contributed by atoms with Gasteiger partial charge in [-0.3, -0.25) is 14.3 Å². The minimum Gasteiger partial charge on any atom is -0.365 e. The summed E-state index contributed by atoms with van der Waals surface area (Å²) in [5.41, 5.74) is 3.50. The lowest BCUT2D eigenvalue weighted by Crippen LogP contribution is -2.27. The van der Waals surface area contributed by atoms with Crippen LogP contribution in [0, 0.1) is 0 Å². The molecular weight excluding hydrogens is 488 g/mol. The first-order valence-corrected chi connectivity index (χ1v) is 10.8. The van der Waals surface area contributed by atoms with Gasteiger partial charge in [-0.25, -0.2) is 31.3 Å². The van der Waals surface area contributed by atoms with E-state index in [9.17, 15) is 35.9 Å². The minimum atomic E-state index is -3.18. The zero-order chi connectivity index (χ0) is 24.9. The molecule has 182 valence electrons. The fourth-order valence-electron chi connectivity index (χ4n) is 3.61. The van der Waals surface area contributed by atoms with E-state index < -0.39 is 54.2 Å². The summed E-state index contributed by atoms with van der Waals surface area (Å²) in [5.74, 6) is -2.00. The molecule has 2 amide bonds. The number of hydrogen-bond acceptors (Lipinski definition) is 5. The number of halogens is 6. The normalized spacial score (nSPS) is 15.0. The molecule has 3 heterocycles. The van der Waals surface area contributed by atoms with E-state index in [0.29, 0.717) is 40.5 Å². The van der Waals surface area contributed by atoms with Crippen LogP contribution in [0.3, 0.4) is 0 Å². The first kappa shape index (κ1) is 24.0. The maximum absolute atomic E-state index is 13.4. The molecule has 3 aromatic rings. The molecule has 0 aliphatic heterocycles. The molecule has 3 N–H and O–H groups in total. The van der Waals surface area contributed by atoms with Gasteiger partial charge in [0.15, 0.2) is 0 Å². The summed E-state index contributed by atoms with van der Waals surface area (Å²) in [6.45, 7) is 1.16. The molecule has 1 unspecified atom stereocenters. The van der Waals surface area contributed by atoms with Crippen LogP contribution in [0.15, 0.2) is 12.1 Å². The van der Waals surface area contributed by atoms with Crippen molar-refractivity contribution in [2.75, 3.05) is 5.32 Å². The second-order valence-corrected chi connectivity index (χ2v) is 8.77. The van der Waals surface area contributed by atoms with Crippen molar-refractivity contribution in [1.82, 2.24) is 14.8 Å². The Morgan fingerprint density at radius 2 is 1.74 bits per heavy atom. The Morgan fingerprint density at radius 3 is 2.26 bits per heavy atom. The molecular formula is C20H17F6N5O2S. The highest BCUT2D eigenvalue weighted by Gasteiger charge is 2.33. The summed E-state index contributed by atoms with van der Waals surface area (Å²) < 4.78 is 79.9. The maximum Gasteiger partial charge on any atom is 0.282 e. The van der Waals surface area contributed by atoms with Gasteiger partial charge in [-0.15, -0.1) is 11.3 Å². The Hall–Kier alpha value is -3.16. The Labute approximate surface area is 191 Å². The van der Waals surface area contributed by atoms with Crippen LogP contribution in [0.5, 0.6) is 0 Å². The number of nitrogens with two attached hydrogens (primary N) is 1. The van der Waals surface area contributed by atoms with Gasteiger partial charge in [0, 0.05) is 5.39 Å². The van der Waals surface area contributed by atoms with Gasteiger partial charge in [0.1, 0.15) is 32.8 Å². The summed E-state index contributed by atoms with van der Waals surface area (Å²) in [6.07, 6.45) is -7.77. The second-order valence-electron chi connectivity index (χ2n) is 7.77. The predicted molar refractivity (Wildman–Crippen MR) is 111 cm³/mol. The lowest BCUT2D eigenvalue weighted by atomic mass is 10.0. The van der Waals surface area contributed by atoms with Crippen molar-refractivity contribution in [3.05, 3.63) is 39.7 Å². The summed E-state index contributed by atoms with van der Waals surface area (Å²) in [7, 11) is 0. The Balaban J connectivity index is 1.78. The SMILES string of the molecule is CC(C(=O)Nc1c(C(N)=O)sc2nc(C(F)F)cc(C3CC3)c12)n1nc(C(F)F)cc1C(F)F. The highest BCUT2D eigenvalue weighted by Crippen LogP contribution is 2.48.